The van der Waals surface area contributed by atoms with Gasteiger partial charge < -0.3 is 19.9 Å². The minimum Gasteiger partial charge on any atom is -0.490 e. The van der Waals surface area contributed by atoms with Crippen LogP contribution in [0.5, 0.6) is 11.5 Å². The molecule has 1 atom stereocenters. The quantitative estimate of drug-likeness (QED) is 0.767. The third kappa shape index (κ3) is 4.34. The molecule has 1 aromatic heterocycles. The largest absolute Gasteiger partial charge is 0.490 e. The fraction of sp³-hybridized carbons (Fsp3) is 0.353. The van der Waals surface area contributed by atoms with Gasteiger partial charge in [0, 0.05) is 0 Å². The fourth-order valence-corrected chi connectivity index (χ4v) is 2.16. The molecule has 0 amide bonds. The normalized spacial score (nSPS) is 11.6. The molecule has 2 N–H and O–H groups in total. The maximum atomic E-state index is 10.8. The fourth-order valence-electron chi connectivity index (χ4n) is 2.16. The average Bonchev–Trinajstić information content (AvgIpc) is 2.57. The molecule has 0 fully saturated rings. The summed E-state index contributed by atoms with van der Waals surface area (Å²) in [6.45, 7) is 6.93. The number of carboxylic acid groups (broad SMARTS) is 1. The molecule has 0 bridgehead atoms. The lowest BCUT2D eigenvalue weighted by Crippen LogP contribution is -2.10. The number of nitrogens with one attached hydrogen (secondary N) is 1. The van der Waals surface area contributed by atoms with Gasteiger partial charge in [0.05, 0.1) is 31.6 Å². The number of benzene rings is 1. The highest BCUT2D eigenvalue weighted by Gasteiger charge is 2.12. The molecule has 2 rings (SSSR count). The molecule has 0 radical (unpaired) electrons. The summed E-state index contributed by atoms with van der Waals surface area (Å²) in [7, 11) is 0. The molecule has 1 aromatic carbocycles. The lowest BCUT2D eigenvalue weighted by molar-refractivity contribution is 0.0690. The second-order valence-corrected chi connectivity index (χ2v) is 5.03. The van der Waals surface area contributed by atoms with E-state index in [0.717, 1.165) is 5.56 Å². The van der Waals surface area contributed by atoms with Crippen LogP contribution in [0.25, 0.3) is 0 Å². The maximum Gasteiger partial charge on any atom is 0.356 e. The van der Waals surface area contributed by atoms with Crippen molar-refractivity contribution in [2.75, 3.05) is 18.5 Å². The van der Waals surface area contributed by atoms with Crippen LogP contribution < -0.4 is 14.8 Å². The monoisotopic (exact) mass is 331 g/mol. The van der Waals surface area contributed by atoms with Gasteiger partial charge in [0.25, 0.3) is 0 Å². The minimum atomic E-state index is -1.10. The van der Waals surface area contributed by atoms with Gasteiger partial charge in [-0.05, 0) is 38.5 Å². The Bertz CT molecular complexity index is 689. The average molecular weight is 331 g/mol. The Morgan fingerprint density at radius 1 is 1.17 bits per heavy atom. The van der Waals surface area contributed by atoms with Crippen molar-refractivity contribution >= 4 is 11.8 Å². The summed E-state index contributed by atoms with van der Waals surface area (Å²) in [5, 5.41) is 12.0. The van der Waals surface area contributed by atoms with Gasteiger partial charge in [-0.1, -0.05) is 6.07 Å². The topological polar surface area (TPSA) is 93.6 Å². The molecule has 1 heterocycles. The van der Waals surface area contributed by atoms with Gasteiger partial charge in [-0.15, -0.1) is 0 Å². The standard InChI is InChI=1S/C17H21N3O4/c1-4-23-14-7-6-12(8-15(14)24-5-2)11(3)20-16-10-18-13(9-19-16)17(21)22/h6-11H,4-5H2,1-3H3,(H,19,20)(H,21,22). The number of hydrogen-bond donors (Lipinski definition) is 2. The van der Waals surface area contributed by atoms with E-state index in [1.54, 1.807) is 0 Å². The van der Waals surface area contributed by atoms with E-state index in [1.807, 2.05) is 39.0 Å². The summed E-state index contributed by atoms with van der Waals surface area (Å²) in [6, 6.07) is 5.68. The lowest BCUT2D eigenvalue weighted by Gasteiger charge is -2.17. The lowest BCUT2D eigenvalue weighted by atomic mass is 10.1. The molecular weight excluding hydrogens is 310 g/mol. The summed E-state index contributed by atoms with van der Waals surface area (Å²) in [5.41, 5.74) is 0.902. The zero-order valence-corrected chi connectivity index (χ0v) is 13.9. The summed E-state index contributed by atoms with van der Waals surface area (Å²) in [5.74, 6) is 0.799. The molecule has 0 aliphatic carbocycles. The van der Waals surface area contributed by atoms with Crippen molar-refractivity contribution in [3.8, 4) is 11.5 Å². The second kappa shape index (κ2) is 8.14. The van der Waals surface area contributed by atoms with Crippen molar-refractivity contribution in [3.05, 3.63) is 41.9 Å². The van der Waals surface area contributed by atoms with Crippen LogP contribution in [0, 0.1) is 0 Å². The summed E-state index contributed by atoms with van der Waals surface area (Å²) in [4.78, 5) is 18.7. The first-order valence-electron chi connectivity index (χ1n) is 7.76. The van der Waals surface area contributed by atoms with Gasteiger partial charge in [0.1, 0.15) is 5.82 Å². The van der Waals surface area contributed by atoms with Crippen LogP contribution in [0.3, 0.4) is 0 Å². The van der Waals surface area contributed by atoms with E-state index < -0.39 is 5.97 Å². The Kier molecular flexibility index (Phi) is 5.95. The zero-order valence-electron chi connectivity index (χ0n) is 13.9. The van der Waals surface area contributed by atoms with Crippen molar-refractivity contribution in [1.29, 1.82) is 0 Å². The molecular formula is C17H21N3O4. The highest BCUT2D eigenvalue weighted by atomic mass is 16.5. The van der Waals surface area contributed by atoms with Gasteiger partial charge in [0.15, 0.2) is 17.2 Å². The number of nitrogens with zero attached hydrogens (tertiary/aromatic N) is 2. The number of rotatable bonds is 8. The van der Waals surface area contributed by atoms with Crippen molar-refractivity contribution < 1.29 is 19.4 Å². The highest BCUT2D eigenvalue weighted by molar-refractivity contribution is 5.84. The van der Waals surface area contributed by atoms with Crippen molar-refractivity contribution in [1.82, 2.24) is 9.97 Å². The van der Waals surface area contributed by atoms with Crippen molar-refractivity contribution in [3.63, 3.8) is 0 Å². The predicted molar refractivity (Wildman–Crippen MR) is 89.8 cm³/mol. The van der Waals surface area contributed by atoms with E-state index in [-0.39, 0.29) is 11.7 Å². The Hall–Kier alpha value is -2.83. The van der Waals surface area contributed by atoms with Crippen LogP contribution >= 0.6 is 0 Å². The molecule has 128 valence electrons. The molecule has 0 spiro atoms. The Morgan fingerprint density at radius 2 is 1.88 bits per heavy atom. The molecule has 0 saturated carbocycles. The molecule has 7 nitrogen and oxygen atoms in total. The van der Waals surface area contributed by atoms with Gasteiger partial charge in [-0.2, -0.15) is 0 Å². The number of aromatic carboxylic acids is 1. The molecule has 0 aliphatic rings. The van der Waals surface area contributed by atoms with E-state index in [0.29, 0.717) is 30.5 Å². The molecule has 0 aliphatic heterocycles. The van der Waals surface area contributed by atoms with Gasteiger partial charge in [-0.25, -0.2) is 14.8 Å². The SMILES string of the molecule is CCOc1ccc(C(C)Nc2cnc(C(=O)O)cn2)cc1OCC. The van der Waals surface area contributed by atoms with Crippen molar-refractivity contribution in [2.45, 2.75) is 26.8 Å². The van der Waals surface area contributed by atoms with Crippen LogP contribution in [0.2, 0.25) is 0 Å². The van der Waals surface area contributed by atoms with Crippen LogP contribution in [-0.2, 0) is 0 Å². The first-order valence-corrected chi connectivity index (χ1v) is 7.76. The molecule has 24 heavy (non-hydrogen) atoms. The van der Waals surface area contributed by atoms with Crippen LogP contribution in [0.4, 0.5) is 5.82 Å². The van der Waals surface area contributed by atoms with Crippen LogP contribution in [0.1, 0.15) is 42.9 Å². The predicted octanol–water partition coefficient (Wildman–Crippen LogP) is 3.15. The van der Waals surface area contributed by atoms with E-state index in [2.05, 4.69) is 15.3 Å². The third-order valence-corrected chi connectivity index (χ3v) is 3.30. The molecule has 2 aromatic rings. The Morgan fingerprint density at radius 3 is 2.46 bits per heavy atom. The van der Waals surface area contributed by atoms with E-state index in [1.165, 1.54) is 12.4 Å². The molecule has 1 unspecified atom stereocenters. The first kappa shape index (κ1) is 17.5. The number of hydrogen-bond acceptors (Lipinski definition) is 6. The zero-order chi connectivity index (χ0) is 17.5. The summed E-state index contributed by atoms with van der Waals surface area (Å²) < 4.78 is 11.2. The minimum absolute atomic E-state index is 0.0649. The Labute approximate surface area is 140 Å². The second-order valence-electron chi connectivity index (χ2n) is 5.03. The van der Waals surface area contributed by atoms with Crippen LogP contribution in [-0.4, -0.2) is 34.3 Å². The molecule has 7 heteroatoms. The molecule has 0 saturated heterocycles. The first-order chi connectivity index (χ1) is 11.5. The number of anilines is 1. The Balaban J connectivity index is 2.14. The number of aromatic nitrogens is 2. The third-order valence-electron chi connectivity index (χ3n) is 3.30. The summed E-state index contributed by atoms with van der Waals surface area (Å²) >= 11 is 0. The van der Waals surface area contributed by atoms with E-state index >= 15 is 0 Å². The highest BCUT2D eigenvalue weighted by Crippen LogP contribution is 2.31. The van der Waals surface area contributed by atoms with E-state index in [4.69, 9.17) is 14.6 Å². The van der Waals surface area contributed by atoms with E-state index in [9.17, 15) is 4.79 Å². The number of carboxylic acids is 1. The van der Waals surface area contributed by atoms with Gasteiger partial charge in [0.2, 0.25) is 0 Å². The van der Waals surface area contributed by atoms with Crippen LogP contribution in [0.15, 0.2) is 30.6 Å². The van der Waals surface area contributed by atoms with Crippen molar-refractivity contribution in [2.24, 2.45) is 0 Å². The van der Waals surface area contributed by atoms with Gasteiger partial charge >= 0.3 is 5.97 Å². The number of carbonyl (C=O) groups is 1. The number of ether oxygens (including phenoxy) is 2. The maximum absolute atomic E-state index is 10.8. The summed E-state index contributed by atoms with van der Waals surface area (Å²) in [6.07, 6.45) is 2.62. The smallest absolute Gasteiger partial charge is 0.356 e. The van der Waals surface area contributed by atoms with Gasteiger partial charge in [-0.3, -0.25) is 0 Å².